The number of urea groups is 1. The summed E-state index contributed by atoms with van der Waals surface area (Å²) in [4.78, 5) is 42.1. The smallest absolute Gasteiger partial charge is 0.322 e. The molecule has 170 valence electrons. The van der Waals surface area contributed by atoms with Crippen molar-refractivity contribution in [2.45, 2.75) is 19.0 Å². The van der Waals surface area contributed by atoms with E-state index in [2.05, 4.69) is 17.2 Å². The lowest BCUT2D eigenvalue weighted by Crippen LogP contribution is -2.47. The Balaban J connectivity index is 1.64. The van der Waals surface area contributed by atoms with Gasteiger partial charge in [-0.25, -0.2) is 9.18 Å². The van der Waals surface area contributed by atoms with Crippen molar-refractivity contribution in [1.29, 1.82) is 0 Å². The molecule has 9 heteroatoms. The van der Waals surface area contributed by atoms with E-state index in [1.54, 1.807) is 37.3 Å². The monoisotopic (exact) mass is 468 g/mol. The average Bonchev–Trinajstić information content (AvgIpc) is 3.14. The molecule has 0 fully saturated rings. The van der Waals surface area contributed by atoms with Crippen molar-refractivity contribution >= 4 is 35.1 Å². The van der Waals surface area contributed by atoms with E-state index >= 15 is 0 Å². The molecule has 0 aromatic heterocycles. The van der Waals surface area contributed by atoms with Gasteiger partial charge in [-0.1, -0.05) is 35.9 Å². The van der Waals surface area contributed by atoms with Crippen LogP contribution in [0.1, 0.15) is 18.5 Å². The van der Waals surface area contributed by atoms with E-state index in [0.717, 1.165) is 0 Å². The zero-order chi connectivity index (χ0) is 23.7. The first kappa shape index (κ1) is 22.5. The van der Waals surface area contributed by atoms with Gasteiger partial charge in [0.25, 0.3) is 5.91 Å². The molecule has 2 N–H and O–H groups in total. The fourth-order valence-corrected chi connectivity index (χ4v) is 4.26. The quantitative estimate of drug-likeness (QED) is 0.632. The molecule has 0 radical (unpaired) electrons. The molecule has 2 aromatic carbocycles. The van der Waals surface area contributed by atoms with Gasteiger partial charge in [0.05, 0.1) is 23.9 Å². The number of hydrogen-bond donors (Lipinski definition) is 2. The zero-order valence-corrected chi connectivity index (χ0v) is 18.6. The fraction of sp³-hybridized carbons (Fsp3) is 0.208. The van der Waals surface area contributed by atoms with Crippen molar-refractivity contribution in [3.05, 3.63) is 88.9 Å². The highest BCUT2D eigenvalue weighted by Gasteiger charge is 2.46. The van der Waals surface area contributed by atoms with E-state index in [9.17, 15) is 18.8 Å². The molecule has 0 saturated carbocycles. The number of halogens is 2. The molecule has 2 heterocycles. The topological polar surface area (TPSA) is 81.8 Å². The summed E-state index contributed by atoms with van der Waals surface area (Å²) in [6.07, 6.45) is 1.57. The van der Waals surface area contributed by atoms with Gasteiger partial charge in [-0.15, -0.1) is 6.58 Å². The Bertz CT molecular complexity index is 1160. The number of anilines is 1. The van der Waals surface area contributed by atoms with E-state index < -0.39 is 23.8 Å². The van der Waals surface area contributed by atoms with Gasteiger partial charge in [-0.05, 0) is 42.8 Å². The molecule has 0 saturated heterocycles. The van der Waals surface area contributed by atoms with Gasteiger partial charge in [0.15, 0.2) is 0 Å². The predicted octanol–water partition coefficient (Wildman–Crippen LogP) is 3.85. The molecular formula is C24H22ClFN4O3. The Kier molecular flexibility index (Phi) is 6.20. The zero-order valence-electron chi connectivity index (χ0n) is 17.8. The first-order valence-corrected chi connectivity index (χ1v) is 10.7. The maximum atomic E-state index is 13.5. The average molecular weight is 469 g/mol. The minimum Gasteiger partial charge on any atom is -0.326 e. The van der Waals surface area contributed by atoms with Crippen molar-refractivity contribution in [2.75, 3.05) is 18.4 Å². The third-order valence-electron chi connectivity index (χ3n) is 5.74. The Morgan fingerprint density at radius 2 is 1.97 bits per heavy atom. The summed E-state index contributed by atoms with van der Waals surface area (Å²) in [5.41, 5.74) is 1.88. The third-order valence-corrected chi connectivity index (χ3v) is 6.08. The van der Waals surface area contributed by atoms with Crippen LogP contribution in [0, 0.1) is 5.82 Å². The molecule has 4 rings (SSSR count). The third kappa shape index (κ3) is 4.21. The normalized spacial score (nSPS) is 18.7. The maximum absolute atomic E-state index is 13.5. The molecule has 2 aliphatic rings. The van der Waals surface area contributed by atoms with Gasteiger partial charge < -0.3 is 15.5 Å². The maximum Gasteiger partial charge on any atom is 0.322 e. The van der Waals surface area contributed by atoms with Crippen molar-refractivity contribution in [3.63, 3.8) is 0 Å². The number of benzene rings is 2. The molecule has 2 aromatic rings. The van der Waals surface area contributed by atoms with Crippen molar-refractivity contribution in [3.8, 4) is 0 Å². The lowest BCUT2D eigenvalue weighted by Gasteiger charge is -2.33. The summed E-state index contributed by atoms with van der Waals surface area (Å²) in [6.45, 7) is 5.58. The van der Waals surface area contributed by atoms with Crippen LogP contribution in [0.3, 0.4) is 0 Å². The number of hydrogen-bond acceptors (Lipinski definition) is 3. The predicted molar refractivity (Wildman–Crippen MR) is 123 cm³/mol. The van der Waals surface area contributed by atoms with Crippen LogP contribution in [0.2, 0.25) is 5.02 Å². The van der Waals surface area contributed by atoms with E-state index in [4.69, 9.17) is 11.6 Å². The summed E-state index contributed by atoms with van der Waals surface area (Å²) in [5.74, 6) is -1.22. The Labute approximate surface area is 195 Å². The van der Waals surface area contributed by atoms with E-state index in [1.807, 2.05) is 0 Å². The molecular weight excluding hydrogens is 447 g/mol. The van der Waals surface area contributed by atoms with Crippen molar-refractivity contribution < 1.29 is 18.8 Å². The second-order valence-electron chi connectivity index (χ2n) is 7.77. The molecule has 4 amide bonds. The van der Waals surface area contributed by atoms with Gasteiger partial charge in [-0.2, -0.15) is 0 Å². The highest BCUT2D eigenvalue weighted by Crippen LogP contribution is 2.39. The molecule has 33 heavy (non-hydrogen) atoms. The first-order chi connectivity index (χ1) is 15.8. The fourth-order valence-electron chi connectivity index (χ4n) is 4.01. The van der Waals surface area contributed by atoms with Crippen molar-refractivity contribution in [2.24, 2.45) is 0 Å². The highest BCUT2D eigenvalue weighted by atomic mass is 35.5. The highest BCUT2D eigenvalue weighted by molar-refractivity contribution is 6.31. The number of rotatable bonds is 6. The number of carbonyl (C=O) groups is 3. The van der Waals surface area contributed by atoms with Gasteiger partial charge >= 0.3 is 6.03 Å². The minimum absolute atomic E-state index is 0.0778. The summed E-state index contributed by atoms with van der Waals surface area (Å²) in [5, 5.41) is 5.97. The summed E-state index contributed by atoms with van der Waals surface area (Å²) < 4.78 is 13.2. The molecule has 0 bridgehead atoms. The standard InChI is InChI=1S/C24H22ClFN4O3/c1-3-12-29-19-13-30(14(2)22(31)27-16-10-8-15(26)9-11-16)23(32)20(19)21(28-24(29)33)17-6-4-5-7-18(17)25/h3-11,14,21H,1,12-13H2,2H3,(H,27,31)(H,28,33)/t14-,21+/m1/s1. The van der Waals surface area contributed by atoms with Crippen LogP contribution in [-0.2, 0) is 9.59 Å². The molecule has 0 aliphatic carbocycles. The van der Waals surface area contributed by atoms with Gasteiger partial charge in [-0.3, -0.25) is 14.5 Å². The molecule has 2 aliphatic heterocycles. The van der Waals surface area contributed by atoms with Gasteiger partial charge in [0.1, 0.15) is 11.9 Å². The SMILES string of the molecule is C=CCN1C(=O)N[C@@H](c2ccccc2Cl)C2=C1CN([C@H](C)C(=O)Nc1ccc(F)cc1)C2=O. The summed E-state index contributed by atoms with van der Waals surface area (Å²) >= 11 is 6.37. The van der Waals surface area contributed by atoms with Crippen LogP contribution in [-0.4, -0.2) is 46.8 Å². The first-order valence-electron chi connectivity index (χ1n) is 10.4. The lowest BCUT2D eigenvalue weighted by molar-refractivity contribution is -0.133. The van der Waals surface area contributed by atoms with E-state index in [-0.39, 0.29) is 25.0 Å². The van der Waals surface area contributed by atoms with E-state index in [1.165, 1.54) is 34.1 Å². The van der Waals surface area contributed by atoms with Gasteiger partial charge in [0.2, 0.25) is 5.91 Å². The molecule has 7 nitrogen and oxygen atoms in total. The number of nitrogens with one attached hydrogen (secondary N) is 2. The number of nitrogens with zero attached hydrogens (tertiary/aromatic N) is 2. The van der Waals surface area contributed by atoms with Crippen LogP contribution >= 0.6 is 11.6 Å². The number of amides is 4. The molecule has 0 spiro atoms. The van der Waals surface area contributed by atoms with E-state index in [0.29, 0.717) is 27.5 Å². The Morgan fingerprint density at radius 3 is 2.64 bits per heavy atom. The summed E-state index contributed by atoms with van der Waals surface area (Å²) in [6, 6.07) is 10.4. The van der Waals surface area contributed by atoms with Gasteiger partial charge in [0, 0.05) is 17.3 Å². The second-order valence-corrected chi connectivity index (χ2v) is 8.18. The van der Waals surface area contributed by atoms with Crippen molar-refractivity contribution in [1.82, 2.24) is 15.1 Å². The largest absolute Gasteiger partial charge is 0.326 e. The lowest BCUT2D eigenvalue weighted by atomic mass is 9.95. The Morgan fingerprint density at radius 1 is 1.27 bits per heavy atom. The van der Waals surface area contributed by atoms with Crippen LogP contribution < -0.4 is 10.6 Å². The second kappa shape index (κ2) is 9.07. The van der Waals surface area contributed by atoms with Crippen LogP contribution in [0.4, 0.5) is 14.9 Å². The Hall–Kier alpha value is -3.65. The minimum atomic E-state index is -0.847. The van der Waals surface area contributed by atoms with Crippen LogP contribution in [0.5, 0.6) is 0 Å². The summed E-state index contributed by atoms with van der Waals surface area (Å²) in [7, 11) is 0. The molecule has 2 atom stereocenters. The number of carbonyl (C=O) groups excluding carboxylic acids is 3. The molecule has 0 unspecified atom stereocenters. The van der Waals surface area contributed by atoms with Crippen LogP contribution in [0.15, 0.2) is 72.5 Å². The van der Waals surface area contributed by atoms with Crippen LogP contribution in [0.25, 0.3) is 0 Å².